The number of anilines is 2. The molecule has 4 heterocycles. The first kappa shape index (κ1) is 24.5. The average molecular weight is 553 g/mol. The molecule has 0 N–H and O–H groups in total. The molecule has 0 bridgehead atoms. The number of thiazole rings is 1. The van der Waals surface area contributed by atoms with Crippen molar-refractivity contribution in [1.82, 2.24) is 14.8 Å². The lowest BCUT2D eigenvalue weighted by atomic mass is 9.81. The fourth-order valence-electron chi connectivity index (χ4n) is 5.58. The van der Waals surface area contributed by atoms with Crippen molar-refractivity contribution in [2.45, 2.75) is 29.4 Å². The second-order valence-electron chi connectivity index (χ2n) is 9.69. The molecule has 6 rings (SSSR count). The van der Waals surface area contributed by atoms with Gasteiger partial charge < -0.3 is 9.80 Å². The molecular formula is C27H25ClN4O3S2. The number of likely N-dealkylation sites (tertiary alicyclic amines) is 1. The van der Waals surface area contributed by atoms with Crippen molar-refractivity contribution in [3.05, 3.63) is 70.4 Å². The van der Waals surface area contributed by atoms with Crippen molar-refractivity contribution in [2.24, 2.45) is 0 Å². The van der Waals surface area contributed by atoms with Gasteiger partial charge in [-0.25, -0.2) is 4.98 Å². The number of carbonyl (C=O) groups excluding carboxylic acids is 3. The molecule has 2 aromatic carbocycles. The fraction of sp³-hybridized carbons (Fsp3) is 0.333. The summed E-state index contributed by atoms with van der Waals surface area (Å²) in [5, 5.41) is 1.62. The number of thioether (sulfide) groups is 1. The third kappa shape index (κ3) is 4.23. The van der Waals surface area contributed by atoms with Crippen molar-refractivity contribution in [3.8, 4) is 0 Å². The Morgan fingerprint density at radius 1 is 1.14 bits per heavy atom. The summed E-state index contributed by atoms with van der Waals surface area (Å²) in [5.74, 6) is 0.469. The highest BCUT2D eigenvalue weighted by molar-refractivity contribution is 8.01. The minimum absolute atomic E-state index is 0.105. The number of amides is 3. The number of benzene rings is 2. The van der Waals surface area contributed by atoms with Crippen LogP contribution >= 0.6 is 34.7 Å². The maximum absolute atomic E-state index is 12.6. The summed E-state index contributed by atoms with van der Waals surface area (Å²) in [7, 11) is 0. The molecule has 1 unspecified atom stereocenters. The van der Waals surface area contributed by atoms with E-state index in [9.17, 15) is 14.4 Å². The lowest BCUT2D eigenvalue weighted by Gasteiger charge is -2.25. The topological polar surface area (TPSA) is 73.8 Å². The Morgan fingerprint density at radius 2 is 1.89 bits per heavy atom. The molecule has 37 heavy (non-hydrogen) atoms. The summed E-state index contributed by atoms with van der Waals surface area (Å²) in [6.07, 6.45) is 3.50. The summed E-state index contributed by atoms with van der Waals surface area (Å²) in [6, 6.07) is 13.0. The molecule has 3 aromatic rings. The highest BCUT2D eigenvalue weighted by Gasteiger charge is 2.48. The van der Waals surface area contributed by atoms with Crippen LogP contribution in [0, 0.1) is 0 Å². The summed E-state index contributed by atoms with van der Waals surface area (Å²) < 4.78 is 1.09. The molecule has 1 fully saturated rings. The van der Waals surface area contributed by atoms with Gasteiger partial charge in [0.1, 0.15) is 0 Å². The molecule has 3 aliphatic rings. The van der Waals surface area contributed by atoms with Crippen molar-refractivity contribution in [2.75, 3.05) is 36.8 Å². The van der Waals surface area contributed by atoms with Gasteiger partial charge in [0.2, 0.25) is 5.91 Å². The smallest absolute Gasteiger partial charge is 0.261 e. The van der Waals surface area contributed by atoms with Crippen LogP contribution < -0.4 is 4.90 Å². The number of nitrogens with zero attached hydrogens (tertiary/aromatic N) is 4. The van der Waals surface area contributed by atoms with Crippen molar-refractivity contribution in [3.63, 3.8) is 0 Å². The van der Waals surface area contributed by atoms with E-state index in [0.29, 0.717) is 35.7 Å². The minimum atomic E-state index is -0.206. The molecule has 1 saturated heterocycles. The van der Waals surface area contributed by atoms with Crippen LogP contribution in [0.25, 0.3) is 0 Å². The second-order valence-corrected chi connectivity index (χ2v) is 12.5. The fourth-order valence-corrected chi connectivity index (χ4v) is 7.73. The predicted octanol–water partition coefficient (Wildman–Crippen LogP) is 5.22. The zero-order valence-corrected chi connectivity index (χ0v) is 22.7. The largest absolute Gasteiger partial charge is 0.342 e. The Kier molecular flexibility index (Phi) is 6.25. The van der Waals surface area contributed by atoms with E-state index >= 15 is 0 Å². The lowest BCUT2D eigenvalue weighted by molar-refractivity contribution is -0.127. The minimum Gasteiger partial charge on any atom is -0.342 e. The molecular weight excluding hydrogens is 528 g/mol. The van der Waals surface area contributed by atoms with Crippen LogP contribution in [0.3, 0.4) is 0 Å². The van der Waals surface area contributed by atoms with Gasteiger partial charge in [-0.3, -0.25) is 19.3 Å². The zero-order chi connectivity index (χ0) is 25.7. The van der Waals surface area contributed by atoms with Gasteiger partial charge in [0.15, 0.2) is 5.13 Å². The van der Waals surface area contributed by atoms with Gasteiger partial charge >= 0.3 is 0 Å². The highest BCUT2D eigenvalue weighted by atomic mass is 35.5. The van der Waals surface area contributed by atoms with Crippen molar-refractivity contribution in [1.29, 1.82) is 0 Å². The number of hydrogen-bond donors (Lipinski definition) is 0. The number of carbonyl (C=O) groups is 3. The maximum atomic E-state index is 12.6. The van der Waals surface area contributed by atoms with E-state index < -0.39 is 0 Å². The number of fused-ring (bicyclic) bond motifs is 3. The van der Waals surface area contributed by atoms with Crippen LogP contribution in [0.4, 0.5) is 10.8 Å². The third-order valence-corrected chi connectivity index (χ3v) is 9.97. The van der Waals surface area contributed by atoms with Crippen LogP contribution in [-0.4, -0.2) is 64.4 Å². The predicted molar refractivity (Wildman–Crippen MR) is 146 cm³/mol. The molecule has 1 atom stereocenters. The van der Waals surface area contributed by atoms with E-state index in [0.717, 1.165) is 40.3 Å². The van der Waals surface area contributed by atoms with Gasteiger partial charge in [-0.1, -0.05) is 35.1 Å². The molecule has 3 aliphatic heterocycles. The summed E-state index contributed by atoms with van der Waals surface area (Å²) >= 11 is 9.71. The van der Waals surface area contributed by atoms with E-state index in [1.165, 1.54) is 10.5 Å². The number of rotatable bonds is 6. The number of hydrogen-bond acceptors (Lipinski definition) is 7. The zero-order valence-electron chi connectivity index (χ0n) is 20.3. The molecule has 190 valence electrons. The Morgan fingerprint density at radius 3 is 2.59 bits per heavy atom. The SMILES string of the molecule is CC(=O)N1CCC2(C1)CN(c1ncc(SCCCN3C(=O)c4ccccc4C3=O)s1)c1ccc(Cl)cc12. The van der Waals surface area contributed by atoms with Gasteiger partial charge in [-0.2, -0.15) is 0 Å². The van der Waals surface area contributed by atoms with Gasteiger partial charge in [-0.15, -0.1) is 11.8 Å². The highest BCUT2D eigenvalue weighted by Crippen LogP contribution is 2.50. The second kappa shape index (κ2) is 9.45. The number of imide groups is 1. The normalized spacial score (nSPS) is 20.3. The van der Waals surface area contributed by atoms with E-state index in [2.05, 4.69) is 11.0 Å². The monoisotopic (exact) mass is 552 g/mol. The number of halogens is 1. The number of aromatic nitrogens is 1. The quantitative estimate of drug-likeness (QED) is 0.237. The standard InChI is InChI=1S/C27H25ClN4O3S2/c1-17(33)30-11-9-27(15-30)16-32(22-8-7-18(28)13-21(22)27)26-29-14-23(37-26)36-12-4-10-31-24(34)19-5-2-3-6-20(19)25(31)35/h2-3,5-8,13-14H,4,9-12,15-16H2,1H3. The third-order valence-electron chi connectivity index (χ3n) is 7.43. The van der Waals surface area contributed by atoms with Crippen LogP contribution in [0.2, 0.25) is 5.02 Å². The molecule has 1 spiro atoms. The van der Waals surface area contributed by atoms with E-state index in [1.807, 2.05) is 23.2 Å². The van der Waals surface area contributed by atoms with E-state index in [1.54, 1.807) is 54.3 Å². The first-order valence-electron chi connectivity index (χ1n) is 12.2. The molecule has 0 saturated carbocycles. The van der Waals surface area contributed by atoms with Gasteiger partial charge in [0, 0.05) is 55.0 Å². The van der Waals surface area contributed by atoms with Crippen molar-refractivity contribution < 1.29 is 14.4 Å². The lowest BCUT2D eigenvalue weighted by Crippen LogP contribution is -2.36. The van der Waals surface area contributed by atoms with Crippen molar-refractivity contribution >= 4 is 63.2 Å². The molecule has 0 aliphatic carbocycles. The summed E-state index contributed by atoms with van der Waals surface area (Å²) in [4.78, 5) is 47.4. The van der Waals surface area contributed by atoms with Crippen LogP contribution in [0.15, 0.2) is 52.9 Å². The van der Waals surface area contributed by atoms with Gasteiger partial charge in [0.05, 0.1) is 21.5 Å². The average Bonchev–Trinajstić information content (AvgIpc) is 3.65. The molecule has 7 nitrogen and oxygen atoms in total. The van der Waals surface area contributed by atoms with Gasteiger partial charge in [0.25, 0.3) is 11.8 Å². The van der Waals surface area contributed by atoms with Crippen LogP contribution in [0.1, 0.15) is 46.0 Å². The maximum Gasteiger partial charge on any atom is 0.261 e. The van der Waals surface area contributed by atoms with E-state index in [4.69, 9.17) is 16.6 Å². The Hall–Kier alpha value is -2.88. The van der Waals surface area contributed by atoms with E-state index in [-0.39, 0.29) is 23.1 Å². The summed E-state index contributed by atoms with van der Waals surface area (Å²) in [5.41, 5.74) is 3.13. The Bertz CT molecular complexity index is 1390. The molecule has 0 radical (unpaired) electrons. The molecule has 10 heteroatoms. The van der Waals surface area contributed by atoms with Crippen LogP contribution in [0.5, 0.6) is 0 Å². The Balaban J connectivity index is 1.11. The molecule has 1 aromatic heterocycles. The first-order chi connectivity index (χ1) is 17.9. The first-order valence-corrected chi connectivity index (χ1v) is 14.4. The van der Waals surface area contributed by atoms with Gasteiger partial charge in [-0.05, 0) is 48.7 Å². The molecule has 3 amide bonds. The van der Waals surface area contributed by atoms with Crippen LogP contribution in [-0.2, 0) is 10.2 Å². The summed E-state index contributed by atoms with van der Waals surface area (Å²) in [6.45, 7) is 4.24. The Labute approximate surface area is 228 Å².